The minimum Gasteiger partial charge on any atom is -0.496 e. The first-order chi connectivity index (χ1) is 9.52. The fourth-order valence-corrected chi connectivity index (χ4v) is 1.71. The van der Waals surface area contributed by atoms with E-state index in [1.54, 1.807) is 6.07 Å². The minimum absolute atomic E-state index is 0.102. The number of fused-ring (bicyclic) bond motifs is 1. The molecule has 0 unspecified atom stereocenters. The quantitative estimate of drug-likeness (QED) is 0.464. The summed E-state index contributed by atoms with van der Waals surface area (Å²) in [7, 11) is 1.45. The number of hydrogen-bond acceptors (Lipinski definition) is 6. The predicted molar refractivity (Wildman–Crippen MR) is 69.2 cm³/mol. The first-order valence-electron chi connectivity index (χ1n) is 5.86. The summed E-state index contributed by atoms with van der Waals surface area (Å²) in [6, 6.07) is 3.11. The van der Waals surface area contributed by atoms with E-state index in [9.17, 15) is 9.59 Å². The van der Waals surface area contributed by atoms with Crippen molar-refractivity contribution in [2.75, 3.05) is 20.5 Å². The van der Waals surface area contributed by atoms with Gasteiger partial charge in [0, 0.05) is 18.6 Å². The molecule has 0 fully saturated rings. The first-order valence-corrected chi connectivity index (χ1v) is 5.86. The van der Waals surface area contributed by atoms with Gasteiger partial charge in [-0.25, -0.2) is 0 Å². The Labute approximate surface area is 115 Å². The average Bonchev–Trinajstić information content (AvgIpc) is 2.89. The van der Waals surface area contributed by atoms with E-state index in [1.807, 2.05) is 0 Å². The molecule has 20 heavy (non-hydrogen) atoms. The highest BCUT2D eigenvalue weighted by Crippen LogP contribution is 2.38. The molecule has 1 aliphatic heterocycles. The van der Waals surface area contributed by atoms with E-state index in [2.05, 4.69) is 6.58 Å². The largest absolute Gasteiger partial charge is 0.496 e. The van der Waals surface area contributed by atoms with E-state index < -0.39 is 5.97 Å². The summed E-state index contributed by atoms with van der Waals surface area (Å²) in [5.74, 6) is 0.486. The molecule has 0 atom stereocenters. The van der Waals surface area contributed by atoms with E-state index in [0.29, 0.717) is 17.2 Å². The van der Waals surface area contributed by atoms with E-state index in [4.69, 9.17) is 18.9 Å². The Kier molecular flexibility index (Phi) is 3.93. The molecule has 0 amide bonds. The van der Waals surface area contributed by atoms with Crippen LogP contribution in [0.15, 0.2) is 24.3 Å². The molecule has 0 N–H and O–H groups in total. The summed E-state index contributed by atoms with van der Waals surface area (Å²) < 4.78 is 20.4. The normalized spacial score (nSPS) is 11.9. The second kappa shape index (κ2) is 5.64. The molecule has 1 heterocycles. The highest BCUT2D eigenvalue weighted by atomic mass is 16.7. The highest BCUT2D eigenvalue weighted by molar-refractivity contribution is 6.10. The van der Waals surface area contributed by atoms with Gasteiger partial charge in [0.1, 0.15) is 12.4 Å². The molecule has 6 heteroatoms. The number of ether oxygens (including phenoxy) is 4. The number of methoxy groups -OCH3 is 1. The lowest BCUT2D eigenvalue weighted by atomic mass is 10.0. The van der Waals surface area contributed by atoms with Crippen LogP contribution in [0.1, 0.15) is 17.3 Å². The van der Waals surface area contributed by atoms with Crippen LogP contribution in [0.25, 0.3) is 0 Å². The summed E-state index contributed by atoms with van der Waals surface area (Å²) >= 11 is 0. The van der Waals surface area contributed by atoms with Crippen LogP contribution in [-0.4, -0.2) is 32.3 Å². The Morgan fingerprint density at radius 1 is 1.30 bits per heavy atom. The molecular formula is C14H14O6. The van der Waals surface area contributed by atoms with Gasteiger partial charge in [-0.2, -0.15) is 0 Å². The van der Waals surface area contributed by atoms with Crippen LogP contribution in [0, 0.1) is 0 Å². The van der Waals surface area contributed by atoms with E-state index in [0.717, 1.165) is 0 Å². The third kappa shape index (κ3) is 2.74. The molecule has 0 aromatic heterocycles. The van der Waals surface area contributed by atoms with Crippen LogP contribution < -0.4 is 14.2 Å². The van der Waals surface area contributed by atoms with Crippen molar-refractivity contribution in [2.24, 2.45) is 0 Å². The zero-order valence-corrected chi connectivity index (χ0v) is 11.2. The van der Waals surface area contributed by atoms with Crippen LogP contribution in [-0.2, 0) is 9.53 Å². The van der Waals surface area contributed by atoms with Gasteiger partial charge in [0.2, 0.25) is 6.79 Å². The summed E-state index contributed by atoms with van der Waals surface area (Å²) in [5.41, 5.74) is 0.436. The SMILES string of the molecule is C=C(COC(C)=O)C(=O)c1cc2c(cc1OC)OCO2. The molecule has 2 rings (SSSR count). The van der Waals surface area contributed by atoms with Gasteiger partial charge in [-0.3, -0.25) is 9.59 Å². The molecule has 0 spiro atoms. The summed E-state index contributed by atoms with van der Waals surface area (Å²) in [6.45, 7) is 4.82. The number of carbonyl (C=O) groups is 2. The molecule has 0 bridgehead atoms. The molecule has 1 aromatic rings. The van der Waals surface area contributed by atoms with Crippen molar-refractivity contribution in [1.29, 1.82) is 0 Å². The molecule has 6 nitrogen and oxygen atoms in total. The van der Waals surface area contributed by atoms with Crippen LogP contribution in [0.4, 0.5) is 0 Å². The Balaban J connectivity index is 2.25. The lowest BCUT2D eigenvalue weighted by molar-refractivity contribution is -0.139. The van der Waals surface area contributed by atoms with Crippen LogP contribution in [0.2, 0.25) is 0 Å². The minimum atomic E-state index is -0.475. The molecule has 1 aliphatic rings. The first kappa shape index (κ1) is 13.9. The molecule has 0 aliphatic carbocycles. The molecule has 106 valence electrons. The van der Waals surface area contributed by atoms with Crippen molar-refractivity contribution in [3.63, 3.8) is 0 Å². The van der Waals surface area contributed by atoms with Gasteiger partial charge >= 0.3 is 5.97 Å². The molecule has 1 aromatic carbocycles. The Morgan fingerprint density at radius 2 is 1.95 bits per heavy atom. The number of rotatable bonds is 5. The Hall–Kier alpha value is -2.50. The van der Waals surface area contributed by atoms with Crippen molar-refractivity contribution >= 4 is 11.8 Å². The van der Waals surface area contributed by atoms with Gasteiger partial charge in [0.15, 0.2) is 17.3 Å². The monoisotopic (exact) mass is 278 g/mol. The van der Waals surface area contributed by atoms with Gasteiger partial charge < -0.3 is 18.9 Å². The Bertz CT molecular complexity index is 575. The maximum Gasteiger partial charge on any atom is 0.302 e. The number of esters is 1. The van der Waals surface area contributed by atoms with Gasteiger partial charge in [-0.1, -0.05) is 6.58 Å². The second-order valence-electron chi connectivity index (χ2n) is 4.12. The molecular weight excluding hydrogens is 264 g/mol. The zero-order chi connectivity index (χ0) is 14.7. The number of ketones is 1. The van der Waals surface area contributed by atoms with Gasteiger partial charge in [-0.05, 0) is 6.07 Å². The molecule has 0 radical (unpaired) electrons. The summed E-state index contributed by atoms with van der Waals surface area (Å²) in [5, 5.41) is 0. The lowest BCUT2D eigenvalue weighted by Crippen LogP contribution is -2.12. The number of hydrogen-bond donors (Lipinski definition) is 0. The van der Waals surface area contributed by atoms with Crippen molar-refractivity contribution in [2.45, 2.75) is 6.92 Å². The third-order valence-electron chi connectivity index (χ3n) is 2.71. The lowest BCUT2D eigenvalue weighted by Gasteiger charge is -2.10. The van der Waals surface area contributed by atoms with Gasteiger partial charge in [0.05, 0.1) is 12.7 Å². The second-order valence-corrected chi connectivity index (χ2v) is 4.12. The molecule has 0 saturated heterocycles. The highest BCUT2D eigenvalue weighted by Gasteiger charge is 2.23. The van der Waals surface area contributed by atoms with Gasteiger partial charge in [0.25, 0.3) is 0 Å². The van der Waals surface area contributed by atoms with Crippen LogP contribution in [0.5, 0.6) is 17.2 Å². The predicted octanol–water partition coefficient (Wildman–Crippen LogP) is 1.73. The number of carbonyl (C=O) groups excluding carboxylic acids is 2. The Morgan fingerprint density at radius 3 is 2.55 bits per heavy atom. The number of Topliss-reactive ketones (excluding diaryl/α,β-unsaturated/α-hetero) is 1. The maximum atomic E-state index is 12.3. The van der Waals surface area contributed by atoms with Crippen LogP contribution in [0.3, 0.4) is 0 Å². The van der Waals surface area contributed by atoms with Crippen LogP contribution >= 0.6 is 0 Å². The third-order valence-corrected chi connectivity index (χ3v) is 2.71. The van der Waals surface area contributed by atoms with Gasteiger partial charge in [-0.15, -0.1) is 0 Å². The fraction of sp³-hybridized carbons (Fsp3) is 0.286. The number of benzene rings is 1. The van der Waals surface area contributed by atoms with Crippen molar-refractivity contribution in [3.05, 3.63) is 29.8 Å². The van der Waals surface area contributed by atoms with E-state index >= 15 is 0 Å². The summed E-state index contributed by atoms with van der Waals surface area (Å²) in [4.78, 5) is 23.0. The maximum absolute atomic E-state index is 12.3. The fourth-order valence-electron chi connectivity index (χ4n) is 1.71. The van der Waals surface area contributed by atoms with Crippen molar-refractivity contribution in [1.82, 2.24) is 0 Å². The van der Waals surface area contributed by atoms with E-state index in [-0.39, 0.29) is 30.3 Å². The smallest absolute Gasteiger partial charge is 0.302 e. The standard InChI is InChI=1S/C14H14O6/c1-8(6-18-9(2)15)14(16)10-4-12-13(20-7-19-12)5-11(10)17-3/h4-5H,1,6-7H2,2-3H3. The summed E-state index contributed by atoms with van der Waals surface area (Å²) in [6.07, 6.45) is 0. The average molecular weight is 278 g/mol. The molecule has 0 saturated carbocycles. The van der Waals surface area contributed by atoms with E-state index in [1.165, 1.54) is 20.1 Å². The van der Waals surface area contributed by atoms with Crippen molar-refractivity contribution < 1.29 is 28.5 Å². The van der Waals surface area contributed by atoms with Crippen molar-refractivity contribution in [3.8, 4) is 17.2 Å². The topological polar surface area (TPSA) is 71.1 Å². The zero-order valence-electron chi connectivity index (χ0n) is 11.2.